The van der Waals surface area contributed by atoms with E-state index in [0.717, 1.165) is 19.4 Å². The van der Waals surface area contributed by atoms with Gasteiger partial charge in [0.2, 0.25) is 0 Å². The Morgan fingerprint density at radius 2 is 2.35 bits per heavy atom. The third-order valence-corrected chi connectivity index (χ3v) is 4.35. The normalized spacial score (nSPS) is 21.5. The van der Waals surface area contributed by atoms with Crippen LogP contribution in [0.2, 0.25) is 0 Å². The number of sulfonamides is 1. The zero-order valence-electron chi connectivity index (χ0n) is 9.65. The summed E-state index contributed by atoms with van der Waals surface area (Å²) in [6, 6.07) is 1.88. The Balaban J connectivity index is 1.78. The summed E-state index contributed by atoms with van der Waals surface area (Å²) in [5, 5.41) is 9.58. The van der Waals surface area contributed by atoms with Gasteiger partial charge in [-0.05, 0) is 31.9 Å². The van der Waals surface area contributed by atoms with Crippen LogP contribution < -0.4 is 10.0 Å². The number of nitrogens with one attached hydrogen (secondary N) is 3. The van der Waals surface area contributed by atoms with Gasteiger partial charge >= 0.3 is 0 Å². The predicted molar refractivity (Wildman–Crippen MR) is 64.0 cm³/mol. The molecule has 1 aromatic heterocycles. The molecule has 0 amide bonds. The molecule has 1 saturated heterocycles. The van der Waals surface area contributed by atoms with Crippen LogP contribution in [0.3, 0.4) is 0 Å². The highest BCUT2D eigenvalue weighted by molar-refractivity contribution is 7.89. The van der Waals surface area contributed by atoms with Crippen molar-refractivity contribution in [1.82, 2.24) is 20.2 Å². The Labute approximate surface area is 101 Å². The maximum Gasteiger partial charge on any atom is 0.257 e. The van der Waals surface area contributed by atoms with Crippen molar-refractivity contribution < 1.29 is 8.42 Å². The molecule has 1 aliphatic heterocycles. The Bertz CT molecular complexity index is 423. The lowest BCUT2D eigenvalue weighted by atomic mass is 10.0. The van der Waals surface area contributed by atoms with Crippen molar-refractivity contribution in [3.05, 3.63) is 12.3 Å². The number of aromatic nitrogens is 2. The van der Waals surface area contributed by atoms with Gasteiger partial charge in [0.25, 0.3) is 10.0 Å². The Hall–Kier alpha value is -0.920. The van der Waals surface area contributed by atoms with E-state index < -0.39 is 10.0 Å². The number of nitrogens with zero attached hydrogens (tertiary/aromatic N) is 1. The van der Waals surface area contributed by atoms with Gasteiger partial charge in [-0.1, -0.05) is 6.42 Å². The lowest BCUT2D eigenvalue weighted by molar-refractivity contribution is 0.382. The summed E-state index contributed by atoms with van der Waals surface area (Å²) in [6.45, 7) is 1.50. The molecule has 0 saturated carbocycles. The average molecular weight is 258 g/mol. The first-order valence-corrected chi connectivity index (χ1v) is 7.39. The minimum absolute atomic E-state index is 0.120. The molecule has 1 aromatic rings. The third kappa shape index (κ3) is 3.52. The predicted octanol–water partition coefficient (Wildman–Crippen LogP) is 0.220. The van der Waals surface area contributed by atoms with Gasteiger partial charge in [-0.3, -0.25) is 5.10 Å². The first kappa shape index (κ1) is 12.5. The van der Waals surface area contributed by atoms with E-state index in [1.54, 1.807) is 0 Å². The lowest BCUT2D eigenvalue weighted by Gasteiger charge is -2.23. The minimum Gasteiger partial charge on any atom is -0.314 e. The number of H-pyrrole nitrogens is 1. The SMILES string of the molecule is O=S(=O)(NCCC1CCCCN1)c1ccn[nH]1. The molecule has 0 aliphatic carbocycles. The van der Waals surface area contributed by atoms with E-state index >= 15 is 0 Å². The quantitative estimate of drug-likeness (QED) is 0.705. The van der Waals surface area contributed by atoms with Gasteiger partial charge in [0.1, 0.15) is 0 Å². The molecule has 1 aliphatic rings. The van der Waals surface area contributed by atoms with Crippen molar-refractivity contribution in [2.24, 2.45) is 0 Å². The van der Waals surface area contributed by atoms with Gasteiger partial charge in [0.05, 0.1) is 6.20 Å². The summed E-state index contributed by atoms with van der Waals surface area (Å²) < 4.78 is 26.0. The first-order chi connectivity index (χ1) is 8.18. The van der Waals surface area contributed by atoms with Crippen LogP contribution in [0.15, 0.2) is 17.3 Å². The Morgan fingerprint density at radius 3 is 3.00 bits per heavy atom. The zero-order valence-corrected chi connectivity index (χ0v) is 10.5. The molecule has 1 fully saturated rings. The van der Waals surface area contributed by atoms with Crippen molar-refractivity contribution in [3.8, 4) is 0 Å². The maximum atomic E-state index is 11.7. The lowest BCUT2D eigenvalue weighted by Crippen LogP contribution is -2.37. The summed E-state index contributed by atoms with van der Waals surface area (Å²) in [6.07, 6.45) is 5.83. The monoisotopic (exact) mass is 258 g/mol. The van der Waals surface area contributed by atoms with Crippen LogP contribution in [0.25, 0.3) is 0 Å². The van der Waals surface area contributed by atoms with Crippen molar-refractivity contribution in [1.29, 1.82) is 0 Å². The second kappa shape index (κ2) is 5.61. The van der Waals surface area contributed by atoms with Crippen LogP contribution in [0, 0.1) is 0 Å². The third-order valence-electron chi connectivity index (χ3n) is 2.96. The number of rotatable bonds is 5. The van der Waals surface area contributed by atoms with E-state index in [9.17, 15) is 8.42 Å². The molecule has 96 valence electrons. The molecule has 0 radical (unpaired) electrons. The van der Waals surface area contributed by atoms with Crippen LogP contribution in [-0.2, 0) is 10.0 Å². The van der Waals surface area contributed by atoms with Crippen LogP contribution >= 0.6 is 0 Å². The first-order valence-electron chi connectivity index (χ1n) is 5.91. The van der Waals surface area contributed by atoms with E-state index in [1.165, 1.54) is 25.1 Å². The highest BCUT2D eigenvalue weighted by atomic mass is 32.2. The van der Waals surface area contributed by atoms with E-state index in [-0.39, 0.29) is 5.03 Å². The topological polar surface area (TPSA) is 86.9 Å². The van der Waals surface area contributed by atoms with Gasteiger partial charge < -0.3 is 5.32 Å². The molecule has 0 aromatic carbocycles. The molecule has 17 heavy (non-hydrogen) atoms. The molecule has 6 nitrogen and oxygen atoms in total. The number of hydrogen-bond acceptors (Lipinski definition) is 4. The molecule has 7 heteroatoms. The average Bonchev–Trinajstić information content (AvgIpc) is 2.84. The zero-order chi connectivity index (χ0) is 12.1. The fraction of sp³-hybridized carbons (Fsp3) is 0.700. The summed E-state index contributed by atoms with van der Waals surface area (Å²) >= 11 is 0. The van der Waals surface area contributed by atoms with Crippen molar-refractivity contribution in [2.45, 2.75) is 36.8 Å². The highest BCUT2D eigenvalue weighted by Crippen LogP contribution is 2.10. The largest absolute Gasteiger partial charge is 0.314 e. The molecule has 2 rings (SSSR count). The van der Waals surface area contributed by atoms with Gasteiger partial charge in [-0.25, -0.2) is 13.1 Å². The van der Waals surface area contributed by atoms with E-state index in [1.807, 2.05) is 0 Å². The van der Waals surface area contributed by atoms with Crippen molar-refractivity contribution in [2.75, 3.05) is 13.1 Å². The molecular weight excluding hydrogens is 240 g/mol. The summed E-state index contributed by atoms with van der Waals surface area (Å²) in [5.74, 6) is 0. The number of aromatic amines is 1. The summed E-state index contributed by atoms with van der Waals surface area (Å²) in [7, 11) is -3.41. The van der Waals surface area contributed by atoms with Gasteiger partial charge in [0.15, 0.2) is 5.03 Å². The Morgan fingerprint density at radius 1 is 1.47 bits per heavy atom. The Kier molecular flexibility index (Phi) is 4.14. The highest BCUT2D eigenvalue weighted by Gasteiger charge is 2.17. The van der Waals surface area contributed by atoms with Crippen LogP contribution in [0.5, 0.6) is 0 Å². The molecule has 1 unspecified atom stereocenters. The van der Waals surface area contributed by atoms with E-state index in [2.05, 4.69) is 20.2 Å². The second-order valence-corrected chi connectivity index (χ2v) is 5.99. The van der Waals surface area contributed by atoms with Crippen LogP contribution in [0.1, 0.15) is 25.7 Å². The van der Waals surface area contributed by atoms with E-state index in [4.69, 9.17) is 0 Å². The van der Waals surface area contributed by atoms with Gasteiger partial charge in [0, 0.05) is 12.6 Å². The van der Waals surface area contributed by atoms with E-state index in [0.29, 0.717) is 12.6 Å². The van der Waals surface area contributed by atoms with Gasteiger partial charge in [-0.15, -0.1) is 0 Å². The fourth-order valence-corrected chi connectivity index (χ4v) is 2.96. The molecule has 0 bridgehead atoms. The van der Waals surface area contributed by atoms with Crippen LogP contribution in [-0.4, -0.2) is 37.7 Å². The minimum atomic E-state index is -3.41. The fourth-order valence-electron chi connectivity index (χ4n) is 2.01. The standard InChI is InChI=1S/C10H18N4O2S/c15-17(16,10-5-7-12-14-10)13-8-4-9-3-1-2-6-11-9/h5,7,9,11,13H,1-4,6,8H2,(H,12,14). The second-order valence-electron chi connectivity index (χ2n) is 4.25. The van der Waals surface area contributed by atoms with Gasteiger partial charge in [-0.2, -0.15) is 5.10 Å². The number of piperidine rings is 1. The molecule has 1 atom stereocenters. The molecule has 0 spiro atoms. The van der Waals surface area contributed by atoms with Crippen molar-refractivity contribution >= 4 is 10.0 Å². The molecule has 2 heterocycles. The summed E-state index contributed by atoms with van der Waals surface area (Å²) in [5.41, 5.74) is 0. The number of hydrogen-bond donors (Lipinski definition) is 3. The molecular formula is C10H18N4O2S. The molecule has 3 N–H and O–H groups in total. The smallest absolute Gasteiger partial charge is 0.257 e. The van der Waals surface area contributed by atoms with Crippen molar-refractivity contribution in [3.63, 3.8) is 0 Å². The maximum absolute atomic E-state index is 11.7. The van der Waals surface area contributed by atoms with Crippen LogP contribution in [0.4, 0.5) is 0 Å². The summed E-state index contributed by atoms with van der Waals surface area (Å²) in [4.78, 5) is 0.